The Morgan fingerprint density at radius 3 is 2.22 bits per heavy atom. The van der Waals surface area contributed by atoms with E-state index >= 15 is 0 Å². The smallest absolute Gasteiger partial charge is 0.306 e. The van der Waals surface area contributed by atoms with Crippen LogP contribution in [0.1, 0.15) is 91.4 Å². The predicted molar refractivity (Wildman–Crippen MR) is 111 cm³/mol. The molecule has 0 unspecified atom stereocenters. The molecular weight excluding hydrogens is 340 g/mol. The van der Waals surface area contributed by atoms with Gasteiger partial charge in [-0.1, -0.05) is 64.5 Å². The maximum absolute atomic E-state index is 11.6. The van der Waals surface area contributed by atoms with Crippen LogP contribution in [0.5, 0.6) is 0 Å². The van der Waals surface area contributed by atoms with Crippen molar-refractivity contribution in [1.29, 1.82) is 0 Å². The summed E-state index contributed by atoms with van der Waals surface area (Å²) in [4.78, 5) is 11.6. The summed E-state index contributed by atoms with van der Waals surface area (Å²) in [5.41, 5.74) is 0. The Morgan fingerprint density at radius 2 is 1.59 bits per heavy atom. The number of allylic oxidation sites excluding steroid dienone is 1. The van der Waals surface area contributed by atoms with E-state index in [-0.39, 0.29) is 5.97 Å². The lowest BCUT2D eigenvalue weighted by Crippen LogP contribution is -2.16. The summed E-state index contributed by atoms with van der Waals surface area (Å²) in [6.45, 7) is 8.18. The van der Waals surface area contributed by atoms with E-state index in [1.54, 1.807) is 0 Å². The van der Waals surface area contributed by atoms with E-state index < -0.39 is 6.29 Å². The van der Waals surface area contributed by atoms with Crippen LogP contribution in [-0.2, 0) is 19.0 Å². The number of hydrogen-bond acceptors (Lipinski definition) is 4. The van der Waals surface area contributed by atoms with E-state index in [9.17, 15) is 4.79 Å². The van der Waals surface area contributed by atoms with Crippen LogP contribution >= 0.6 is 0 Å². The van der Waals surface area contributed by atoms with E-state index in [2.05, 4.69) is 38.7 Å². The van der Waals surface area contributed by atoms with Crippen LogP contribution in [0, 0.1) is 11.8 Å². The van der Waals surface area contributed by atoms with E-state index in [0.29, 0.717) is 26.2 Å². The van der Waals surface area contributed by atoms with Crippen molar-refractivity contribution in [3.05, 3.63) is 12.2 Å². The van der Waals surface area contributed by atoms with Crippen LogP contribution in [0.2, 0.25) is 0 Å². The van der Waals surface area contributed by atoms with Gasteiger partial charge in [0.25, 0.3) is 0 Å². The van der Waals surface area contributed by atoms with Gasteiger partial charge in [-0.15, -0.1) is 0 Å². The second kappa shape index (κ2) is 21.0. The first-order valence-electron chi connectivity index (χ1n) is 10.8. The minimum absolute atomic E-state index is 0.115. The average molecular weight is 381 g/mol. The lowest BCUT2D eigenvalue weighted by molar-refractivity contribution is -0.142. The van der Waals surface area contributed by atoms with Crippen molar-refractivity contribution in [2.24, 2.45) is 0 Å². The normalized spacial score (nSPS) is 11.0. The van der Waals surface area contributed by atoms with Crippen LogP contribution < -0.4 is 0 Å². The molecule has 0 heterocycles. The molecule has 0 rings (SSSR count). The summed E-state index contributed by atoms with van der Waals surface area (Å²) in [7, 11) is 0. The minimum atomic E-state index is -0.404. The molecule has 0 aromatic carbocycles. The third-order valence-electron chi connectivity index (χ3n) is 3.90. The van der Waals surface area contributed by atoms with E-state index in [1.165, 1.54) is 0 Å². The molecule has 27 heavy (non-hydrogen) atoms. The molecule has 0 aromatic heterocycles. The van der Waals surface area contributed by atoms with Gasteiger partial charge in [0.1, 0.15) is 6.61 Å². The molecule has 0 saturated carbocycles. The van der Waals surface area contributed by atoms with Crippen molar-refractivity contribution < 1.29 is 19.0 Å². The first kappa shape index (κ1) is 25.7. The number of ether oxygens (including phenoxy) is 3. The molecular formula is C23H40O4. The van der Waals surface area contributed by atoms with Gasteiger partial charge < -0.3 is 14.2 Å². The average Bonchev–Trinajstić information content (AvgIpc) is 2.67. The summed E-state index contributed by atoms with van der Waals surface area (Å²) in [6, 6.07) is 0. The molecule has 0 bridgehead atoms. The fraction of sp³-hybridized carbons (Fsp3) is 0.783. The molecule has 0 aliphatic rings. The van der Waals surface area contributed by atoms with Gasteiger partial charge in [0, 0.05) is 12.8 Å². The maximum atomic E-state index is 11.6. The lowest BCUT2D eigenvalue weighted by Gasteiger charge is -2.12. The van der Waals surface area contributed by atoms with Crippen molar-refractivity contribution in [2.45, 2.75) is 97.7 Å². The SMILES string of the molecule is CCC/C=C/COC(=O)CCCCCC#CC(OCCCC)OCCCC. The Hall–Kier alpha value is -1.31. The Balaban J connectivity index is 3.81. The summed E-state index contributed by atoms with van der Waals surface area (Å²) < 4.78 is 16.5. The summed E-state index contributed by atoms with van der Waals surface area (Å²) >= 11 is 0. The maximum Gasteiger partial charge on any atom is 0.306 e. The molecule has 4 nitrogen and oxygen atoms in total. The first-order chi connectivity index (χ1) is 13.2. The van der Waals surface area contributed by atoms with Gasteiger partial charge in [0.2, 0.25) is 6.29 Å². The molecule has 156 valence electrons. The molecule has 0 aliphatic carbocycles. The topological polar surface area (TPSA) is 44.8 Å². The molecule has 0 fully saturated rings. The van der Waals surface area contributed by atoms with Gasteiger partial charge in [0.05, 0.1) is 13.2 Å². The molecule has 0 spiro atoms. The fourth-order valence-corrected chi connectivity index (χ4v) is 2.18. The Labute approximate surface area is 167 Å². The molecule has 0 aliphatic heterocycles. The molecule has 0 aromatic rings. The Kier molecular flexibility index (Phi) is 20.0. The van der Waals surface area contributed by atoms with Crippen molar-refractivity contribution >= 4 is 5.97 Å². The zero-order chi connectivity index (χ0) is 20.0. The van der Waals surface area contributed by atoms with Gasteiger partial charge in [-0.25, -0.2) is 0 Å². The summed E-state index contributed by atoms with van der Waals surface area (Å²) in [5.74, 6) is 6.13. The van der Waals surface area contributed by atoms with E-state index in [1.807, 2.05) is 6.08 Å². The van der Waals surface area contributed by atoms with Crippen molar-refractivity contribution in [2.75, 3.05) is 19.8 Å². The van der Waals surface area contributed by atoms with Crippen LogP contribution in [0.15, 0.2) is 12.2 Å². The Morgan fingerprint density at radius 1 is 0.889 bits per heavy atom. The second-order valence-corrected chi connectivity index (χ2v) is 6.61. The molecule has 0 N–H and O–H groups in total. The van der Waals surface area contributed by atoms with Crippen molar-refractivity contribution in [3.63, 3.8) is 0 Å². The van der Waals surface area contributed by atoms with Crippen LogP contribution in [-0.4, -0.2) is 32.1 Å². The zero-order valence-electron chi connectivity index (χ0n) is 17.8. The highest BCUT2D eigenvalue weighted by molar-refractivity contribution is 5.69. The van der Waals surface area contributed by atoms with Crippen LogP contribution in [0.25, 0.3) is 0 Å². The second-order valence-electron chi connectivity index (χ2n) is 6.61. The van der Waals surface area contributed by atoms with Gasteiger partial charge in [-0.05, 0) is 38.0 Å². The van der Waals surface area contributed by atoms with Gasteiger partial charge in [0.15, 0.2) is 0 Å². The summed E-state index contributed by atoms with van der Waals surface area (Å²) in [5, 5.41) is 0. The third-order valence-corrected chi connectivity index (χ3v) is 3.90. The predicted octanol–water partition coefficient (Wildman–Crippen LogP) is 5.80. The van der Waals surface area contributed by atoms with Crippen LogP contribution in [0.4, 0.5) is 0 Å². The number of carbonyl (C=O) groups is 1. The number of carbonyl (C=O) groups excluding carboxylic acids is 1. The van der Waals surface area contributed by atoms with Crippen molar-refractivity contribution in [3.8, 4) is 11.8 Å². The highest BCUT2D eigenvalue weighted by Gasteiger charge is 2.04. The van der Waals surface area contributed by atoms with Crippen LogP contribution in [0.3, 0.4) is 0 Å². The number of hydrogen-bond donors (Lipinski definition) is 0. The quantitative estimate of drug-likeness (QED) is 0.105. The third kappa shape index (κ3) is 19.3. The van der Waals surface area contributed by atoms with Gasteiger partial charge in [-0.3, -0.25) is 4.79 Å². The largest absolute Gasteiger partial charge is 0.461 e. The Bertz CT molecular complexity index is 410. The van der Waals surface area contributed by atoms with E-state index in [4.69, 9.17) is 14.2 Å². The van der Waals surface area contributed by atoms with E-state index in [0.717, 1.165) is 64.2 Å². The highest BCUT2D eigenvalue weighted by Crippen LogP contribution is 2.05. The lowest BCUT2D eigenvalue weighted by atomic mass is 10.1. The molecule has 4 heteroatoms. The monoisotopic (exact) mass is 380 g/mol. The standard InChI is InChI=1S/C23H40O4/c1-4-7-10-16-21-25-22(24)17-14-12-11-13-15-18-23(26-19-8-5-2)27-20-9-6-3/h10,16,23H,4-9,11-14,17,19-21H2,1-3H3/b16-10+. The number of rotatable bonds is 17. The highest BCUT2D eigenvalue weighted by atomic mass is 16.7. The zero-order valence-corrected chi connectivity index (χ0v) is 17.8. The first-order valence-corrected chi connectivity index (χ1v) is 10.8. The van der Waals surface area contributed by atoms with Gasteiger partial charge >= 0.3 is 5.97 Å². The van der Waals surface area contributed by atoms with Gasteiger partial charge in [-0.2, -0.15) is 0 Å². The molecule has 0 amide bonds. The summed E-state index contributed by atoms with van der Waals surface area (Å²) in [6.07, 6.45) is 14.1. The van der Waals surface area contributed by atoms with Crippen molar-refractivity contribution in [1.82, 2.24) is 0 Å². The fourth-order valence-electron chi connectivity index (χ4n) is 2.18. The number of unbranched alkanes of at least 4 members (excludes halogenated alkanes) is 6. The molecule has 0 saturated heterocycles. The molecule has 0 atom stereocenters. The minimum Gasteiger partial charge on any atom is -0.461 e. The molecule has 0 radical (unpaired) electrons. The number of esters is 1.